The van der Waals surface area contributed by atoms with Crippen LogP contribution in [0.3, 0.4) is 0 Å². The van der Waals surface area contributed by atoms with Crippen LogP contribution in [0.1, 0.15) is 0 Å². The van der Waals surface area contributed by atoms with E-state index in [2.05, 4.69) is 32.6 Å². The molecule has 4 rings (SSSR count). The fraction of sp³-hybridized carbons (Fsp3) is 0.273. The van der Waals surface area contributed by atoms with E-state index in [0.29, 0.717) is 6.54 Å². The van der Waals surface area contributed by atoms with E-state index in [1.54, 1.807) is 18.4 Å². The molecular formula is C22H24N4O2S. The number of hydrogen-bond donors (Lipinski definition) is 1. The number of hydrogen-bond acceptors (Lipinski definition) is 6. The molecule has 0 bridgehead atoms. The second-order valence-electron chi connectivity index (χ2n) is 6.92. The van der Waals surface area contributed by atoms with Gasteiger partial charge in [-0.25, -0.2) is 4.98 Å². The highest BCUT2D eigenvalue weighted by Crippen LogP contribution is 2.28. The SMILES string of the molecule is COc1ccc(NC(=O)CN2CCN(c3nc(-c4ccccc4)cs3)CC2)cc1. The Kier molecular flexibility index (Phi) is 6.07. The van der Waals surface area contributed by atoms with E-state index in [4.69, 9.17) is 9.72 Å². The van der Waals surface area contributed by atoms with Crippen LogP contribution in [0.5, 0.6) is 5.75 Å². The van der Waals surface area contributed by atoms with Crippen LogP contribution in [0, 0.1) is 0 Å². The van der Waals surface area contributed by atoms with Crippen molar-refractivity contribution in [3.8, 4) is 17.0 Å². The highest BCUT2D eigenvalue weighted by molar-refractivity contribution is 7.14. The van der Waals surface area contributed by atoms with Crippen molar-refractivity contribution in [2.75, 3.05) is 50.1 Å². The molecule has 0 saturated carbocycles. The number of methoxy groups -OCH3 is 1. The van der Waals surface area contributed by atoms with Crippen molar-refractivity contribution >= 4 is 28.1 Å². The van der Waals surface area contributed by atoms with Crippen LogP contribution in [-0.4, -0.2) is 55.6 Å². The number of rotatable bonds is 6. The predicted octanol–water partition coefficient (Wildman–Crippen LogP) is 3.58. The number of ether oxygens (including phenoxy) is 1. The normalized spacial score (nSPS) is 14.6. The van der Waals surface area contributed by atoms with Gasteiger partial charge in [-0.3, -0.25) is 9.69 Å². The summed E-state index contributed by atoms with van der Waals surface area (Å²) in [4.78, 5) is 21.6. The van der Waals surface area contributed by atoms with Crippen molar-refractivity contribution in [2.45, 2.75) is 0 Å². The first kappa shape index (κ1) is 19.4. The summed E-state index contributed by atoms with van der Waals surface area (Å²) in [6, 6.07) is 17.6. The van der Waals surface area contributed by atoms with Crippen LogP contribution in [0.15, 0.2) is 60.0 Å². The molecular weight excluding hydrogens is 384 g/mol. The van der Waals surface area contributed by atoms with Crippen molar-refractivity contribution < 1.29 is 9.53 Å². The lowest BCUT2D eigenvalue weighted by atomic mass is 10.2. The molecule has 29 heavy (non-hydrogen) atoms. The Balaban J connectivity index is 1.27. The summed E-state index contributed by atoms with van der Waals surface area (Å²) in [5, 5.41) is 6.10. The lowest BCUT2D eigenvalue weighted by Crippen LogP contribution is -2.48. The number of nitrogens with zero attached hydrogens (tertiary/aromatic N) is 3. The van der Waals surface area contributed by atoms with Crippen LogP contribution in [0.2, 0.25) is 0 Å². The summed E-state index contributed by atoms with van der Waals surface area (Å²) in [6.45, 7) is 3.83. The molecule has 0 unspecified atom stereocenters. The molecule has 1 amide bonds. The lowest BCUT2D eigenvalue weighted by Gasteiger charge is -2.34. The summed E-state index contributed by atoms with van der Waals surface area (Å²) >= 11 is 1.68. The van der Waals surface area contributed by atoms with Gasteiger partial charge in [0.25, 0.3) is 0 Å². The standard InChI is InChI=1S/C22H24N4O2S/c1-28-19-9-7-18(8-10-19)23-21(27)15-25-11-13-26(14-12-25)22-24-20(16-29-22)17-5-3-2-4-6-17/h2-10,16H,11-15H2,1H3,(H,23,27). The fourth-order valence-electron chi connectivity index (χ4n) is 3.33. The Labute approximate surface area is 174 Å². The minimum absolute atomic E-state index is 0.00392. The smallest absolute Gasteiger partial charge is 0.238 e. The van der Waals surface area contributed by atoms with E-state index in [1.807, 2.05) is 42.5 Å². The third kappa shape index (κ3) is 4.93. The second-order valence-corrected chi connectivity index (χ2v) is 7.76. The molecule has 3 aromatic rings. The van der Waals surface area contributed by atoms with Gasteiger partial charge in [-0.1, -0.05) is 30.3 Å². The zero-order valence-corrected chi connectivity index (χ0v) is 17.2. The van der Waals surface area contributed by atoms with Gasteiger partial charge in [-0.05, 0) is 24.3 Å². The Morgan fingerprint density at radius 1 is 1.07 bits per heavy atom. The number of carbonyl (C=O) groups excluding carboxylic acids is 1. The first-order chi connectivity index (χ1) is 14.2. The number of aromatic nitrogens is 1. The average molecular weight is 409 g/mol. The Hall–Kier alpha value is -2.90. The van der Waals surface area contributed by atoms with Gasteiger partial charge in [-0.2, -0.15) is 0 Å². The van der Waals surface area contributed by atoms with Gasteiger partial charge in [0.05, 0.1) is 19.3 Å². The molecule has 0 aliphatic carbocycles. The molecule has 0 atom stereocenters. The van der Waals surface area contributed by atoms with Crippen LogP contribution in [0.25, 0.3) is 11.3 Å². The van der Waals surface area contributed by atoms with Gasteiger partial charge in [0.2, 0.25) is 5.91 Å². The van der Waals surface area contributed by atoms with Crippen LogP contribution < -0.4 is 15.0 Å². The topological polar surface area (TPSA) is 57.7 Å². The van der Waals surface area contributed by atoms with Gasteiger partial charge < -0.3 is 15.0 Å². The van der Waals surface area contributed by atoms with Gasteiger partial charge in [0.15, 0.2) is 5.13 Å². The minimum atomic E-state index is 0.00392. The number of nitrogens with one attached hydrogen (secondary N) is 1. The van der Waals surface area contributed by atoms with Crippen molar-refractivity contribution in [3.63, 3.8) is 0 Å². The number of carbonyl (C=O) groups is 1. The second kappa shape index (κ2) is 9.07. The molecule has 1 aliphatic heterocycles. The summed E-state index contributed by atoms with van der Waals surface area (Å²) in [5.74, 6) is 0.779. The first-order valence-electron chi connectivity index (χ1n) is 9.63. The minimum Gasteiger partial charge on any atom is -0.497 e. The van der Waals surface area contributed by atoms with Gasteiger partial charge in [-0.15, -0.1) is 11.3 Å². The number of thiazole rings is 1. The Bertz CT molecular complexity index is 935. The maximum atomic E-state index is 12.3. The monoisotopic (exact) mass is 408 g/mol. The molecule has 0 spiro atoms. The lowest BCUT2D eigenvalue weighted by molar-refractivity contribution is -0.117. The summed E-state index contributed by atoms with van der Waals surface area (Å²) < 4.78 is 5.14. The number of piperazine rings is 1. The first-order valence-corrected chi connectivity index (χ1v) is 10.5. The zero-order chi connectivity index (χ0) is 20.1. The largest absolute Gasteiger partial charge is 0.497 e. The average Bonchev–Trinajstić information content (AvgIpc) is 3.26. The molecule has 2 aromatic carbocycles. The summed E-state index contributed by atoms with van der Waals surface area (Å²) in [5.41, 5.74) is 2.95. The van der Waals surface area contributed by atoms with E-state index in [-0.39, 0.29) is 5.91 Å². The van der Waals surface area contributed by atoms with E-state index in [9.17, 15) is 4.79 Å². The van der Waals surface area contributed by atoms with E-state index in [0.717, 1.165) is 54.0 Å². The molecule has 1 aromatic heterocycles. The maximum absolute atomic E-state index is 12.3. The zero-order valence-electron chi connectivity index (χ0n) is 16.4. The number of amides is 1. The predicted molar refractivity (Wildman–Crippen MR) is 118 cm³/mol. The molecule has 7 heteroatoms. The Morgan fingerprint density at radius 2 is 1.79 bits per heavy atom. The molecule has 1 aliphatic rings. The quantitative estimate of drug-likeness (QED) is 0.676. The third-order valence-electron chi connectivity index (χ3n) is 4.95. The third-order valence-corrected chi connectivity index (χ3v) is 5.85. The number of benzene rings is 2. The van der Waals surface area contributed by atoms with Crippen molar-refractivity contribution in [3.05, 3.63) is 60.0 Å². The van der Waals surface area contributed by atoms with Gasteiger partial charge in [0, 0.05) is 42.8 Å². The van der Waals surface area contributed by atoms with Crippen molar-refractivity contribution in [1.29, 1.82) is 0 Å². The van der Waals surface area contributed by atoms with E-state index in [1.165, 1.54) is 0 Å². The summed E-state index contributed by atoms with van der Waals surface area (Å²) in [6.07, 6.45) is 0. The Morgan fingerprint density at radius 3 is 2.48 bits per heavy atom. The molecule has 2 heterocycles. The fourth-order valence-corrected chi connectivity index (χ4v) is 4.21. The molecule has 6 nitrogen and oxygen atoms in total. The molecule has 0 radical (unpaired) electrons. The molecule has 150 valence electrons. The van der Waals surface area contributed by atoms with Crippen LogP contribution >= 0.6 is 11.3 Å². The van der Waals surface area contributed by atoms with E-state index >= 15 is 0 Å². The highest BCUT2D eigenvalue weighted by Gasteiger charge is 2.21. The van der Waals surface area contributed by atoms with Crippen molar-refractivity contribution in [1.82, 2.24) is 9.88 Å². The van der Waals surface area contributed by atoms with Gasteiger partial charge in [0.1, 0.15) is 5.75 Å². The van der Waals surface area contributed by atoms with Crippen LogP contribution in [0.4, 0.5) is 10.8 Å². The summed E-state index contributed by atoms with van der Waals surface area (Å²) in [7, 11) is 1.63. The van der Waals surface area contributed by atoms with Crippen molar-refractivity contribution in [2.24, 2.45) is 0 Å². The highest BCUT2D eigenvalue weighted by atomic mass is 32.1. The maximum Gasteiger partial charge on any atom is 0.238 e. The number of anilines is 2. The van der Waals surface area contributed by atoms with Crippen LogP contribution in [-0.2, 0) is 4.79 Å². The molecule has 1 fully saturated rings. The molecule has 1 saturated heterocycles. The van der Waals surface area contributed by atoms with E-state index < -0.39 is 0 Å². The van der Waals surface area contributed by atoms with Gasteiger partial charge >= 0.3 is 0 Å². The molecule has 1 N–H and O–H groups in total.